The first-order chi connectivity index (χ1) is 10.9. The van der Waals surface area contributed by atoms with Gasteiger partial charge in [0.2, 0.25) is 0 Å². The quantitative estimate of drug-likeness (QED) is 0.446. The first-order valence-corrected chi connectivity index (χ1v) is 9.47. The summed E-state index contributed by atoms with van der Waals surface area (Å²) in [6.07, 6.45) is 9.51. The lowest BCUT2D eigenvalue weighted by Crippen LogP contribution is -2.40. The van der Waals surface area contributed by atoms with Gasteiger partial charge in [-0.05, 0) is 56.8 Å². The van der Waals surface area contributed by atoms with E-state index in [-0.39, 0.29) is 0 Å². The molecule has 3 aliphatic rings. The molecule has 0 amide bonds. The third kappa shape index (κ3) is 4.61. The molecule has 1 heterocycles. The van der Waals surface area contributed by atoms with E-state index in [1.165, 1.54) is 51.6 Å². The number of nitrogens with zero attached hydrogens (tertiary/aromatic N) is 2. The summed E-state index contributed by atoms with van der Waals surface area (Å²) < 4.78 is 5.70. The first kappa shape index (κ1) is 16.1. The lowest BCUT2D eigenvalue weighted by Gasteiger charge is -2.22. The molecular formula is C18H33N3O. The molecular weight excluding hydrogens is 274 g/mol. The standard InChI is InChI=1S/C18H33N3O/c1-2-19-18(20-10-5-11-22-14-15-8-9-15)21-12-16-6-3-4-7-17(16)13-21/h15-17H,2-14H2,1H3,(H,19,20). The monoisotopic (exact) mass is 307 g/mol. The van der Waals surface area contributed by atoms with E-state index in [2.05, 4.69) is 17.1 Å². The summed E-state index contributed by atoms with van der Waals surface area (Å²) in [4.78, 5) is 7.35. The SMILES string of the molecule is CCNC(=NCCCOCC1CC1)N1CC2CCCCC2C1. The Kier molecular flexibility index (Phi) is 5.99. The predicted molar refractivity (Wildman–Crippen MR) is 91.2 cm³/mol. The summed E-state index contributed by atoms with van der Waals surface area (Å²) in [6, 6.07) is 0. The summed E-state index contributed by atoms with van der Waals surface area (Å²) >= 11 is 0. The summed E-state index contributed by atoms with van der Waals surface area (Å²) in [7, 11) is 0. The molecule has 22 heavy (non-hydrogen) atoms. The van der Waals surface area contributed by atoms with E-state index in [0.29, 0.717) is 0 Å². The van der Waals surface area contributed by atoms with Gasteiger partial charge < -0.3 is 15.0 Å². The van der Waals surface area contributed by atoms with Crippen molar-refractivity contribution >= 4 is 5.96 Å². The lowest BCUT2D eigenvalue weighted by molar-refractivity contribution is 0.123. The Bertz CT molecular complexity index is 353. The molecule has 0 bridgehead atoms. The number of guanidine groups is 1. The molecule has 4 heteroatoms. The second-order valence-electron chi connectivity index (χ2n) is 7.32. The number of aliphatic imine (C=N–C) groups is 1. The largest absolute Gasteiger partial charge is 0.381 e. The average Bonchev–Trinajstić information content (AvgIpc) is 3.25. The maximum atomic E-state index is 5.70. The minimum Gasteiger partial charge on any atom is -0.381 e. The molecule has 0 spiro atoms. The molecule has 126 valence electrons. The second-order valence-corrected chi connectivity index (χ2v) is 7.32. The van der Waals surface area contributed by atoms with Crippen molar-refractivity contribution in [2.75, 3.05) is 39.4 Å². The molecule has 2 unspecified atom stereocenters. The fourth-order valence-electron chi connectivity index (χ4n) is 3.89. The Hall–Kier alpha value is -0.770. The van der Waals surface area contributed by atoms with E-state index in [1.807, 2.05) is 0 Å². The molecule has 4 nitrogen and oxygen atoms in total. The van der Waals surface area contributed by atoms with Crippen molar-refractivity contribution in [2.24, 2.45) is 22.7 Å². The number of fused-ring (bicyclic) bond motifs is 1. The van der Waals surface area contributed by atoms with Gasteiger partial charge in [-0.15, -0.1) is 0 Å². The number of hydrogen-bond donors (Lipinski definition) is 1. The van der Waals surface area contributed by atoms with Crippen LogP contribution >= 0.6 is 0 Å². The molecule has 3 fully saturated rings. The topological polar surface area (TPSA) is 36.9 Å². The lowest BCUT2D eigenvalue weighted by atomic mass is 9.82. The Balaban J connectivity index is 1.41. The molecule has 0 aromatic heterocycles. The number of nitrogens with one attached hydrogen (secondary N) is 1. The van der Waals surface area contributed by atoms with Gasteiger partial charge in [0, 0.05) is 39.4 Å². The second kappa shape index (κ2) is 8.19. The smallest absolute Gasteiger partial charge is 0.193 e. The van der Waals surface area contributed by atoms with Crippen LogP contribution in [0.1, 0.15) is 51.9 Å². The van der Waals surface area contributed by atoms with E-state index < -0.39 is 0 Å². The zero-order valence-electron chi connectivity index (χ0n) is 14.2. The first-order valence-electron chi connectivity index (χ1n) is 9.47. The zero-order chi connectivity index (χ0) is 15.2. The van der Waals surface area contributed by atoms with E-state index >= 15 is 0 Å². The average molecular weight is 307 g/mol. The third-order valence-corrected chi connectivity index (χ3v) is 5.37. The molecule has 0 aromatic rings. The van der Waals surface area contributed by atoms with E-state index in [0.717, 1.165) is 56.4 Å². The van der Waals surface area contributed by atoms with Crippen molar-refractivity contribution in [1.82, 2.24) is 10.2 Å². The van der Waals surface area contributed by atoms with Crippen molar-refractivity contribution < 1.29 is 4.74 Å². The van der Waals surface area contributed by atoms with Gasteiger partial charge in [-0.2, -0.15) is 0 Å². The highest BCUT2D eigenvalue weighted by molar-refractivity contribution is 5.80. The van der Waals surface area contributed by atoms with Gasteiger partial charge in [0.15, 0.2) is 5.96 Å². The van der Waals surface area contributed by atoms with Crippen molar-refractivity contribution in [3.8, 4) is 0 Å². The number of likely N-dealkylation sites (tertiary alicyclic amines) is 1. The van der Waals surface area contributed by atoms with Crippen molar-refractivity contribution in [1.29, 1.82) is 0 Å². The summed E-state index contributed by atoms with van der Waals surface area (Å²) in [5, 5.41) is 3.49. The van der Waals surface area contributed by atoms with Crippen LogP contribution in [0, 0.1) is 17.8 Å². The van der Waals surface area contributed by atoms with Crippen LogP contribution < -0.4 is 5.32 Å². The van der Waals surface area contributed by atoms with Gasteiger partial charge in [-0.25, -0.2) is 0 Å². The van der Waals surface area contributed by atoms with E-state index in [1.54, 1.807) is 0 Å². The Morgan fingerprint density at radius 1 is 1.14 bits per heavy atom. The zero-order valence-corrected chi connectivity index (χ0v) is 14.2. The van der Waals surface area contributed by atoms with Crippen molar-refractivity contribution in [3.63, 3.8) is 0 Å². The van der Waals surface area contributed by atoms with Crippen LogP contribution in [0.2, 0.25) is 0 Å². The van der Waals surface area contributed by atoms with Crippen LogP contribution in [0.4, 0.5) is 0 Å². The Morgan fingerprint density at radius 2 is 1.86 bits per heavy atom. The normalized spacial score (nSPS) is 28.8. The molecule has 0 radical (unpaired) electrons. The van der Waals surface area contributed by atoms with Gasteiger partial charge in [-0.3, -0.25) is 4.99 Å². The van der Waals surface area contributed by atoms with Gasteiger partial charge >= 0.3 is 0 Å². The molecule has 2 atom stereocenters. The predicted octanol–water partition coefficient (Wildman–Crippen LogP) is 2.89. The number of rotatable bonds is 7. The molecule has 1 aliphatic heterocycles. The van der Waals surface area contributed by atoms with E-state index in [9.17, 15) is 0 Å². The van der Waals surface area contributed by atoms with Gasteiger partial charge in [-0.1, -0.05) is 12.8 Å². The van der Waals surface area contributed by atoms with Gasteiger partial charge in [0.25, 0.3) is 0 Å². The van der Waals surface area contributed by atoms with Gasteiger partial charge in [0.05, 0.1) is 0 Å². The molecule has 2 saturated carbocycles. The van der Waals surface area contributed by atoms with E-state index in [4.69, 9.17) is 9.73 Å². The van der Waals surface area contributed by atoms with Crippen molar-refractivity contribution in [3.05, 3.63) is 0 Å². The maximum Gasteiger partial charge on any atom is 0.193 e. The highest BCUT2D eigenvalue weighted by atomic mass is 16.5. The maximum absolute atomic E-state index is 5.70. The number of ether oxygens (including phenoxy) is 1. The number of hydrogen-bond acceptors (Lipinski definition) is 2. The summed E-state index contributed by atoms with van der Waals surface area (Å²) in [6.45, 7) is 8.28. The summed E-state index contributed by atoms with van der Waals surface area (Å²) in [5.74, 6) is 3.84. The van der Waals surface area contributed by atoms with Crippen LogP contribution in [0.25, 0.3) is 0 Å². The molecule has 2 aliphatic carbocycles. The molecule has 1 saturated heterocycles. The van der Waals surface area contributed by atoms with Crippen LogP contribution in [0.15, 0.2) is 4.99 Å². The minimum atomic E-state index is 0.866. The fourth-order valence-corrected chi connectivity index (χ4v) is 3.89. The summed E-state index contributed by atoms with van der Waals surface area (Å²) in [5.41, 5.74) is 0. The Morgan fingerprint density at radius 3 is 2.50 bits per heavy atom. The fraction of sp³-hybridized carbons (Fsp3) is 0.944. The van der Waals surface area contributed by atoms with Crippen LogP contribution in [0.3, 0.4) is 0 Å². The van der Waals surface area contributed by atoms with Gasteiger partial charge in [0.1, 0.15) is 0 Å². The highest BCUT2D eigenvalue weighted by Crippen LogP contribution is 2.35. The molecule has 3 rings (SSSR count). The molecule has 0 aromatic carbocycles. The minimum absolute atomic E-state index is 0.866. The molecule has 1 N–H and O–H groups in total. The Labute approximate surface area is 135 Å². The van der Waals surface area contributed by atoms with Crippen LogP contribution in [-0.2, 0) is 4.74 Å². The van der Waals surface area contributed by atoms with Crippen LogP contribution in [-0.4, -0.2) is 50.3 Å². The third-order valence-electron chi connectivity index (χ3n) is 5.37. The van der Waals surface area contributed by atoms with Crippen molar-refractivity contribution in [2.45, 2.75) is 51.9 Å². The highest BCUT2D eigenvalue weighted by Gasteiger charge is 2.35. The van der Waals surface area contributed by atoms with Crippen LogP contribution in [0.5, 0.6) is 0 Å².